The minimum Gasteiger partial charge on any atom is -0.382 e. The van der Waals surface area contributed by atoms with Crippen molar-refractivity contribution in [2.45, 2.75) is 63.5 Å². The van der Waals surface area contributed by atoms with Gasteiger partial charge in [0.05, 0.1) is 24.5 Å². The average Bonchev–Trinajstić information content (AvgIpc) is 3.25. The Kier molecular flexibility index (Phi) is 6.35. The molecule has 1 N–H and O–H groups in total. The predicted octanol–water partition coefficient (Wildman–Crippen LogP) is 3.31. The maximum atomic E-state index is 12.8. The third kappa shape index (κ3) is 4.49. The Bertz CT molecular complexity index is 675. The van der Waals surface area contributed by atoms with Crippen LogP contribution in [0, 0.1) is 5.92 Å². The van der Waals surface area contributed by atoms with Gasteiger partial charge in [0.15, 0.2) is 0 Å². The van der Waals surface area contributed by atoms with Crippen LogP contribution in [0.5, 0.6) is 0 Å². The highest BCUT2D eigenvalue weighted by Gasteiger charge is 2.29. The third-order valence-corrected chi connectivity index (χ3v) is 6.83. The van der Waals surface area contributed by atoms with Crippen LogP contribution in [0.15, 0.2) is 11.0 Å². The van der Waals surface area contributed by atoms with Gasteiger partial charge in [-0.15, -0.1) is 0 Å². The molecule has 1 aliphatic carbocycles. The van der Waals surface area contributed by atoms with Crippen molar-refractivity contribution >= 4 is 17.3 Å². The van der Waals surface area contributed by atoms with Crippen LogP contribution >= 0.6 is 11.6 Å². The van der Waals surface area contributed by atoms with Crippen molar-refractivity contribution in [3.8, 4) is 0 Å². The van der Waals surface area contributed by atoms with Gasteiger partial charge in [0.1, 0.15) is 5.02 Å². The lowest BCUT2D eigenvalue weighted by molar-refractivity contribution is 0.0595. The maximum absolute atomic E-state index is 12.8. The van der Waals surface area contributed by atoms with E-state index in [0.29, 0.717) is 11.6 Å². The first kappa shape index (κ1) is 19.2. The molecule has 2 aliphatic heterocycles. The van der Waals surface area contributed by atoms with Crippen LogP contribution in [-0.2, 0) is 4.74 Å². The molecular weight excluding hydrogens is 364 g/mol. The number of ether oxygens (including phenoxy) is 1. The van der Waals surface area contributed by atoms with Crippen LogP contribution in [-0.4, -0.2) is 53.6 Å². The molecule has 6 nitrogen and oxygen atoms in total. The van der Waals surface area contributed by atoms with Gasteiger partial charge in [-0.25, -0.2) is 4.68 Å². The van der Waals surface area contributed by atoms with Crippen molar-refractivity contribution in [2.75, 3.05) is 38.2 Å². The molecule has 150 valence electrons. The Balaban J connectivity index is 1.36. The van der Waals surface area contributed by atoms with Gasteiger partial charge in [0, 0.05) is 32.3 Å². The first-order valence-corrected chi connectivity index (χ1v) is 10.9. The minimum absolute atomic E-state index is 0.161. The minimum atomic E-state index is -0.166. The quantitative estimate of drug-likeness (QED) is 0.830. The Morgan fingerprint density at radius 2 is 1.89 bits per heavy atom. The van der Waals surface area contributed by atoms with E-state index in [1.54, 1.807) is 10.9 Å². The summed E-state index contributed by atoms with van der Waals surface area (Å²) >= 11 is 6.39. The third-order valence-electron chi connectivity index (χ3n) is 6.47. The fourth-order valence-corrected chi connectivity index (χ4v) is 5.02. The van der Waals surface area contributed by atoms with Crippen molar-refractivity contribution in [2.24, 2.45) is 5.92 Å². The van der Waals surface area contributed by atoms with Gasteiger partial charge in [0.2, 0.25) is 0 Å². The summed E-state index contributed by atoms with van der Waals surface area (Å²) in [6.07, 6.45) is 11.3. The van der Waals surface area contributed by atoms with Crippen LogP contribution < -0.4 is 10.9 Å². The number of anilines is 1. The van der Waals surface area contributed by atoms with E-state index in [-0.39, 0.29) is 16.6 Å². The summed E-state index contributed by atoms with van der Waals surface area (Å²) in [7, 11) is 0. The van der Waals surface area contributed by atoms with Crippen LogP contribution in [0.3, 0.4) is 0 Å². The fraction of sp³-hybridized carbons (Fsp3) is 0.800. The second kappa shape index (κ2) is 8.93. The molecule has 1 unspecified atom stereocenters. The Hall–Kier alpha value is -1.11. The highest BCUT2D eigenvalue weighted by Crippen LogP contribution is 2.29. The molecular formula is C20H31ClN4O2. The summed E-state index contributed by atoms with van der Waals surface area (Å²) in [5.41, 5.74) is 0.479. The van der Waals surface area contributed by atoms with Crippen LogP contribution in [0.4, 0.5) is 5.69 Å². The predicted molar refractivity (Wildman–Crippen MR) is 108 cm³/mol. The number of nitrogens with one attached hydrogen (secondary N) is 1. The molecule has 1 atom stereocenters. The van der Waals surface area contributed by atoms with Gasteiger partial charge >= 0.3 is 0 Å². The van der Waals surface area contributed by atoms with E-state index in [9.17, 15) is 4.79 Å². The highest BCUT2D eigenvalue weighted by atomic mass is 35.5. The Labute approximate surface area is 166 Å². The molecule has 3 heterocycles. The van der Waals surface area contributed by atoms with E-state index in [1.165, 1.54) is 25.7 Å². The number of aromatic nitrogens is 2. The molecule has 3 fully saturated rings. The lowest BCUT2D eigenvalue weighted by atomic mass is 10.0. The molecule has 1 saturated carbocycles. The highest BCUT2D eigenvalue weighted by molar-refractivity contribution is 6.32. The molecule has 1 aromatic heterocycles. The van der Waals surface area contributed by atoms with Crippen LogP contribution in [0.1, 0.15) is 57.4 Å². The van der Waals surface area contributed by atoms with E-state index in [0.717, 1.165) is 64.6 Å². The first-order chi connectivity index (χ1) is 13.2. The summed E-state index contributed by atoms with van der Waals surface area (Å²) in [5, 5.41) is 8.02. The molecule has 4 rings (SSSR count). The number of nitrogens with zero attached hydrogens (tertiary/aromatic N) is 3. The molecule has 2 saturated heterocycles. The zero-order valence-electron chi connectivity index (χ0n) is 16.0. The normalized spacial score (nSPS) is 25.7. The van der Waals surface area contributed by atoms with Gasteiger partial charge in [-0.3, -0.25) is 4.79 Å². The smallest absolute Gasteiger partial charge is 0.287 e. The summed E-state index contributed by atoms with van der Waals surface area (Å²) < 4.78 is 7.12. The molecule has 0 bridgehead atoms. The van der Waals surface area contributed by atoms with Crippen molar-refractivity contribution in [3.05, 3.63) is 21.6 Å². The van der Waals surface area contributed by atoms with Gasteiger partial charge in [-0.1, -0.05) is 24.4 Å². The molecule has 3 aliphatic rings. The molecule has 27 heavy (non-hydrogen) atoms. The Morgan fingerprint density at radius 3 is 2.59 bits per heavy atom. The number of hydrogen-bond acceptors (Lipinski definition) is 5. The molecule has 1 aromatic rings. The Morgan fingerprint density at radius 1 is 1.11 bits per heavy atom. The maximum Gasteiger partial charge on any atom is 0.287 e. The van der Waals surface area contributed by atoms with E-state index in [2.05, 4.69) is 15.3 Å². The second-order valence-corrected chi connectivity index (χ2v) is 8.67. The fourth-order valence-electron chi connectivity index (χ4n) is 4.82. The van der Waals surface area contributed by atoms with Gasteiger partial charge < -0.3 is 15.0 Å². The van der Waals surface area contributed by atoms with Gasteiger partial charge in [0.25, 0.3) is 5.56 Å². The zero-order chi connectivity index (χ0) is 18.6. The molecule has 0 amide bonds. The van der Waals surface area contributed by atoms with E-state index in [1.807, 2.05) is 0 Å². The number of likely N-dealkylation sites (tertiary alicyclic amines) is 1. The standard InChI is InChI=1S/C20H31ClN4O2/c21-19-18(22-12-15-4-3-11-27-14-15)13-23-25(20(19)26)17-7-9-24(10-8-17)16-5-1-2-6-16/h13,15-17,22H,1-12,14H2. The van der Waals surface area contributed by atoms with Crippen molar-refractivity contribution in [3.63, 3.8) is 0 Å². The lowest BCUT2D eigenvalue weighted by Gasteiger charge is -2.36. The average molecular weight is 395 g/mol. The van der Waals surface area contributed by atoms with Crippen LogP contribution in [0.2, 0.25) is 5.02 Å². The summed E-state index contributed by atoms with van der Waals surface area (Å²) in [5.74, 6) is 0.470. The number of rotatable bonds is 5. The summed E-state index contributed by atoms with van der Waals surface area (Å²) in [4.78, 5) is 15.4. The van der Waals surface area contributed by atoms with E-state index < -0.39 is 0 Å². The summed E-state index contributed by atoms with van der Waals surface area (Å²) in [6, 6.07) is 0.919. The molecule has 7 heteroatoms. The first-order valence-electron chi connectivity index (χ1n) is 10.6. The number of piperidine rings is 1. The van der Waals surface area contributed by atoms with E-state index >= 15 is 0 Å². The summed E-state index contributed by atoms with van der Waals surface area (Å²) in [6.45, 7) is 4.51. The van der Waals surface area contributed by atoms with Gasteiger partial charge in [-0.05, 0) is 44.4 Å². The SMILES string of the molecule is O=c1c(Cl)c(NCC2CCCOC2)cnn1C1CCN(C2CCCC2)CC1. The lowest BCUT2D eigenvalue weighted by Crippen LogP contribution is -2.42. The van der Waals surface area contributed by atoms with Crippen molar-refractivity contribution in [1.82, 2.24) is 14.7 Å². The largest absolute Gasteiger partial charge is 0.382 e. The molecule has 0 aromatic carbocycles. The number of halogens is 1. The van der Waals surface area contributed by atoms with E-state index in [4.69, 9.17) is 16.3 Å². The van der Waals surface area contributed by atoms with Crippen molar-refractivity contribution in [1.29, 1.82) is 0 Å². The monoisotopic (exact) mass is 394 g/mol. The second-order valence-electron chi connectivity index (χ2n) is 8.29. The van der Waals surface area contributed by atoms with Crippen LogP contribution in [0.25, 0.3) is 0 Å². The topological polar surface area (TPSA) is 59.4 Å². The van der Waals surface area contributed by atoms with Crippen molar-refractivity contribution < 1.29 is 4.74 Å². The molecule has 0 spiro atoms. The molecule has 0 radical (unpaired) electrons. The van der Waals surface area contributed by atoms with Gasteiger partial charge in [-0.2, -0.15) is 5.10 Å². The zero-order valence-corrected chi connectivity index (χ0v) is 16.8. The number of hydrogen-bond donors (Lipinski definition) is 1.